The Morgan fingerprint density at radius 2 is 1.30 bits per heavy atom. The Bertz CT molecular complexity index is 1690. The lowest BCUT2D eigenvalue weighted by Gasteiger charge is -2.25. The summed E-state index contributed by atoms with van der Waals surface area (Å²) in [5.74, 6) is 0.0348. The molecule has 3 aromatic carbocycles. The second kappa shape index (κ2) is 7.67. The first-order valence-electron chi connectivity index (χ1n) is 11.4. The van der Waals surface area contributed by atoms with Crippen LogP contribution in [0.25, 0.3) is 43.6 Å². The van der Waals surface area contributed by atoms with Crippen LogP contribution >= 0.6 is 0 Å². The first-order chi connectivity index (χ1) is 16.1. The van der Waals surface area contributed by atoms with Crippen LogP contribution in [0.4, 0.5) is 0 Å². The average molecular weight is 437 g/mol. The molecule has 33 heavy (non-hydrogen) atoms. The molecule has 1 saturated heterocycles. The summed E-state index contributed by atoms with van der Waals surface area (Å²) in [5, 5.41) is 2.12. The number of carbonyl (C=O) groups excluding carboxylic acids is 1. The van der Waals surface area contributed by atoms with Crippen molar-refractivity contribution in [2.24, 2.45) is 0 Å². The lowest BCUT2D eigenvalue weighted by atomic mass is 10.0. The topological polar surface area (TPSA) is 86.0 Å². The van der Waals surface area contributed by atoms with E-state index in [1.54, 1.807) is 36.4 Å². The van der Waals surface area contributed by atoms with Crippen molar-refractivity contribution < 1.29 is 4.79 Å². The molecule has 1 fully saturated rings. The molecule has 0 aliphatic carbocycles. The van der Waals surface area contributed by atoms with Gasteiger partial charge in [0.15, 0.2) is 16.6 Å². The van der Waals surface area contributed by atoms with E-state index < -0.39 is 0 Å². The van der Waals surface area contributed by atoms with Gasteiger partial charge in [-0.25, -0.2) is 0 Å². The summed E-state index contributed by atoms with van der Waals surface area (Å²) in [6, 6.07) is 16.1. The molecule has 6 heteroatoms. The number of H-pyrrole nitrogens is 2. The first-order valence-corrected chi connectivity index (χ1v) is 11.4. The molecule has 0 bridgehead atoms. The number of hydrogen-bond acceptors (Lipinski definition) is 4. The summed E-state index contributed by atoms with van der Waals surface area (Å²) in [4.78, 5) is 48.1. The molecule has 1 aliphatic heterocycles. The van der Waals surface area contributed by atoms with Gasteiger partial charge in [0.1, 0.15) is 0 Å². The fraction of sp³-hybridized carbons (Fsp3) is 0.222. The van der Waals surface area contributed by atoms with Crippen molar-refractivity contribution in [3.05, 3.63) is 80.6 Å². The summed E-state index contributed by atoms with van der Waals surface area (Å²) in [6.45, 7) is 2.28. The van der Waals surface area contributed by atoms with E-state index in [1.807, 2.05) is 18.2 Å². The number of benzene rings is 3. The normalized spacial score (nSPS) is 15.0. The zero-order valence-corrected chi connectivity index (χ0v) is 18.1. The Balaban J connectivity index is 1.50. The van der Waals surface area contributed by atoms with Gasteiger partial charge in [-0.1, -0.05) is 18.6 Å². The maximum atomic E-state index is 13.4. The molecule has 6 rings (SSSR count). The van der Waals surface area contributed by atoms with Crippen LogP contribution in [0, 0.1) is 0 Å². The van der Waals surface area contributed by atoms with E-state index in [9.17, 15) is 14.4 Å². The standard InChI is InChI=1S/C27H23N3O3/c31-25(15-30-10-4-1-5-11-30)16-8-9-22-18(12-16)27(33)20-14-23-19(13-24(20)29-22)26(32)17-6-2-3-7-21(17)28-23/h2-3,6-9,12-14H,1,4-5,10-11,15H2,(H,28,32)(H,29,33). The van der Waals surface area contributed by atoms with E-state index in [0.717, 1.165) is 31.4 Å². The van der Waals surface area contributed by atoms with Crippen LogP contribution in [0.3, 0.4) is 0 Å². The monoisotopic (exact) mass is 437 g/mol. The lowest BCUT2D eigenvalue weighted by Crippen LogP contribution is -2.34. The molecule has 0 unspecified atom stereocenters. The van der Waals surface area contributed by atoms with Gasteiger partial charge in [-0.15, -0.1) is 0 Å². The number of ketones is 1. The van der Waals surface area contributed by atoms with Crippen molar-refractivity contribution in [3.63, 3.8) is 0 Å². The molecule has 0 amide bonds. The predicted molar refractivity (Wildman–Crippen MR) is 132 cm³/mol. The summed E-state index contributed by atoms with van der Waals surface area (Å²) < 4.78 is 0. The highest BCUT2D eigenvalue weighted by molar-refractivity contribution is 6.05. The number of piperidine rings is 1. The number of rotatable bonds is 3. The zero-order chi connectivity index (χ0) is 22.5. The maximum Gasteiger partial charge on any atom is 0.197 e. The van der Waals surface area contributed by atoms with Crippen LogP contribution in [0.5, 0.6) is 0 Å². The van der Waals surface area contributed by atoms with Crippen LogP contribution < -0.4 is 10.9 Å². The minimum atomic E-state index is -0.151. The van der Waals surface area contributed by atoms with E-state index in [2.05, 4.69) is 14.9 Å². The molecule has 0 saturated carbocycles. The van der Waals surface area contributed by atoms with Crippen LogP contribution in [-0.2, 0) is 0 Å². The van der Waals surface area contributed by atoms with Crippen LogP contribution in [0.2, 0.25) is 0 Å². The van der Waals surface area contributed by atoms with Crippen molar-refractivity contribution in [1.29, 1.82) is 0 Å². The molecule has 0 atom stereocenters. The molecule has 1 aliphatic rings. The Kier molecular flexibility index (Phi) is 4.62. The molecular weight excluding hydrogens is 414 g/mol. The van der Waals surface area contributed by atoms with Crippen LogP contribution in [0.15, 0.2) is 64.2 Å². The van der Waals surface area contributed by atoms with Crippen molar-refractivity contribution in [3.8, 4) is 0 Å². The summed E-state index contributed by atoms with van der Waals surface area (Å²) >= 11 is 0. The highest BCUT2D eigenvalue weighted by atomic mass is 16.1. The fourth-order valence-electron chi connectivity index (χ4n) is 4.98. The number of nitrogens with one attached hydrogen (secondary N) is 2. The predicted octanol–water partition coefficient (Wildman–Crippen LogP) is 4.34. The smallest absolute Gasteiger partial charge is 0.197 e. The SMILES string of the molecule is O=C(CN1CCCCC1)c1ccc2[nH]c3cc4c(=O)c5ccccc5[nH]c4cc3c(=O)c2c1. The van der Waals surface area contributed by atoms with E-state index in [1.165, 1.54) is 6.42 Å². The molecule has 164 valence electrons. The minimum absolute atomic E-state index is 0.0348. The number of aromatic nitrogens is 2. The Labute approximate surface area is 188 Å². The van der Waals surface area contributed by atoms with Crippen molar-refractivity contribution in [2.75, 3.05) is 19.6 Å². The molecule has 3 heterocycles. The lowest BCUT2D eigenvalue weighted by molar-refractivity contribution is 0.0916. The Morgan fingerprint density at radius 3 is 2.03 bits per heavy atom. The highest BCUT2D eigenvalue weighted by Gasteiger charge is 2.17. The van der Waals surface area contributed by atoms with Crippen molar-refractivity contribution in [1.82, 2.24) is 14.9 Å². The number of Topliss-reactive ketones (excluding diaryl/α,β-unsaturated/α-hetero) is 1. The van der Waals surface area contributed by atoms with Gasteiger partial charge in [-0.05, 0) is 68.4 Å². The number of aromatic amines is 2. The molecular formula is C27H23N3O3. The molecule has 2 aromatic heterocycles. The number of para-hydroxylation sites is 1. The third-order valence-corrected chi connectivity index (χ3v) is 6.76. The number of hydrogen-bond donors (Lipinski definition) is 2. The number of nitrogens with zero attached hydrogens (tertiary/aromatic N) is 1. The maximum absolute atomic E-state index is 13.4. The molecule has 5 aromatic rings. The number of fused-ring (bicyclic) bond motifs is 4. The van der Waals surface area contributed by atoms with Gasteiger partial charge in [-0.3, -0.25) is 19.3 Å². The van der Waals surface area contributed by atoms with Crippen molar-refractivity contribution >= 4 is 49.4 Å². The highest BCUT2D eigenvalue weighted by Crippen LogP contribution is 2.22. The van der Waals surface area contributed by atoms with Gasteiger partial charge in [0.25, 0.3) is 0 Å². The van der Waals surface area contributed by atoms with Crippen molar-refractivity contribution in [2.45, 2.75) is 19.3 Å². The van der Waals surface area contributed by atoms with Gasteiger partial charge in [0.05, 0.1) is 17.6 Å². The number of carbonyl (C=O) groups is 1. The summed E-state index contributed by atoms with van der Waals surface area (Å²) in [6.07, 6.45) is 3.48. The van der Waals surface area contributed by atoms with E-state index in [4.69, 9.17) is 0 Å². The summed E-state index contributed by atoms with van der Waals surface area (Å²) in [5.41, 5.74) is 2.94. The summed E-state index contributed by atoms with van der Waals surface area (Å²) in [7, 11) is 0. The van der Waals surface area contributed by atoms with Gasteiger partial charge in [0.2, 0.25) is 0 Å². The Hall–Kier alpha value is -3.77. The van der Waals surface area contributed by atoms with Gasteiger partial charge in [0, 0.05) is 38.1 Å². The molecule has 0 radical (unpaired) electrons. The van der Waals surface area contributed by atoms with Crippen LogP contribution in [0.1, 0.15) is 29.6 Å². The average Bonchev–Trinajstić information content (AvgIpc) is 2.84. The molecule has 2 N–H and O–H groups in total. The second-order valence-corrected chi connectivity index (χ2v) is 8.92. The largest absolute Gasteiger partial charge is 0.354 e. The zero-order valence-electron chi connectivity index (χ0n) is 18.1. The fourth-order valence-corrected chi connectivity index (χ4v) is 4.98. The van der Waals surface area contributed by atoms with Crippen LogP contribution in [-0.4, -0.2) is 40.3 Å². The van der Waals surface area contributed by atoms with Gasteiger partial charge in [-0.2, -0.15) is 0 Å². The van der Waals surface area contributed by atoms with Gasteiger partial charge >= 0.3 is 0 Å². The number of pyridine rings is 2. The molecule has 0 spiro atoms. The molecule has 6 nitrogen and oxygen atoms in total. The van der Waals surface area contributed by atoms with E-state index in [-0.39, 0.29) is 16.6 Å². The first kappa shape index (κ1) is 19.9. The van der Waals surface area contributed by atoms with E-state index in [0.29, 0.717) is 50.2 Å². The van der Waals surface area contributed by atoms with Gasteiger partial charge < -0.3 is 9.97 Å². The Morgan fingerprint density at radius 1 is 0.697 bits per heavy atom. The second-order valence-electron chi connectivity index (χ2n) is 8.92. The quantitative estimate of drug-likeness (QED) is 0.325. The number of likely N-dealkylation sites (tertiary alicyclic amines) is 1. The third kappa shape index (κ3) is 3.34. The van der Waals surface area contributed by atoms with E-state index >= 15 is 0 Å². The minimum Gasteiger partial charge on any atom is -0.354 e. The third-order valence-electron chi connectivity index (χ3n) is 6.76.